The van der Waals surface area contributed by atoms with Crippen molar-refractivity contribution >= 4 is 46.4 Å². The first-order valence-electron chi connectivity index (χ1n) is 11.1. The molecule has 9 heteroatoms. The van der Waals surface area contributed by atoms with Crippen molar-refractivity contribution in [1.82, 2.24) is 9.47 Å². The summed E-state index contributed by atoms with van der Waals surface area (Å²) in [5.41, 5.74) is 3.96. The Morgan fingerprint density at radius 3 is 2.20 bits per heavy atom. The van der Waals surface area contributed by atoms with E-state index in [9.17, 15) is 19.7 Å². The van der Waals surface area contributed by atoms with E-state index in [-0.39, 0.29) is 22.8 Å². The van der Waals surface area contributed by atoms with E-state index in [0.717, 1.165) is 44.2 Å². The maximum Gasteiger partial charge on any atom is 0.293 e. The topological polar surface area (TPSA) is 85.5 Å². The molecule has 2 aromatic carbocycles. The lowest BCUT2D eigenvalue weighted by atomic mass is 10.2. The standard InChI is InChI=1S/C26H25N3O4S2/c1-16(2)15-27-25(30)24(35-26(27)31)14-19-13-17(3)28(18(19)4)20-5-9-22(10-6-20)34-23-11-7-21(8-12-23)29(32)33/h5-14,16H,15H2,1-4H3/b24-14-. The Kier molecular flexibility index (Phi) is 7.18. The molecule has 180 valence electrons. The molecule has 0 radical (unpaired) electrons. The monoisotopic (exact) mass is 507 g/mol. The zero-order valence-electron chi connectivity index (χ0n) is 19.8. The maximum atomic E-state index is 12.7. The molecule has 0 aliphatic carbocycles. The van der Waals surface area contributed by atoms with Gasteiger partial charge < -0.3 is 4.57 Å². The van der Waals surface area contributed by atoms with Gasteiger partial charge in [0.2, 0.25) is 0 Å². The van der Waals surface area contributed by atoms with Crippen molar-refractivity contribution in [2.45, 2.75) is 37.5 Å². The Bertz CT molecular complexity index is 1330. The van der Waals surface area contributed by atoms with E-state index in [1.807, 2.05) is 64.1 Å². The fraction of sp³-hybridized carbons (Fsp3) is 0.231. The average Bonchev–Trinajstić information content (AvgIpc) is 3.23. The molecule has 35 heavy (non-hydrogen) atoms. The molecule has 3 aromatic rings. The van der Waals surface area contributed by atoms with Gasteiger partial charge in [0.1, 0.15) is 0 Å². The minimum absolute atomic E-state index is 0.0729. The van der Waals surface area contributed by atoms with Crippen LogP contribution in [-0.4, -0.2) is 32.1 Å². The summed E-state index contributed by atoms with van der Waals surface area (Å²) in [6, 6.07) is 16.6. The van der Waals surface area contributed by atoms with Crippen LogP contribution < -0.4 is 0 Å². The van der Waals surface area contributed by atoms with E-state index < -0.39 is 4.92 Å². The second kappa shape index (κ2) is 10.1. The highest BCUT2D eigenvalue weighted by atomic mass is 32.2. The van der Waals surface area contributed by atoms with Crippen molar-refractivity contribution in [2.75, 3.05) is 6.54 Å². The zero-order chi connectivity index (χ0) is 25.3. The molecule has 4 rings (SSSR count). The summed E-state index contributed by atoms with van der Waals surface area (Å²) in [6.45, 7) is 8.39. The smallest absolute Gasteiger partial charge is 0.293 e. The van der Waals surface area contributed by atoms with Crippen LogP contribution in [0.2, 0.25) is 0 Å². The SMILES string of the molecule is Cc1cc(/C=C2\SC(=O)N(CC(C)C)C2=O)c(C)n1-c1ccc(Sc2ccc([N+](=O)[O-])cc2)cc1. The van der Waals surface area contributed by atoms with Crippen molar-refractivity contribution in [3.63, 3.8) is 0 Å². The van der Waals surface area contributed by atoms with E-state index >= 15 is 0 Å². The maximum absolute atomic E-state index is 12.7. The summed E-state index contributed by atoms with van der Waals surface area (Å²) >= 11 is 2.53. The number of thioether (sulfide) groups is 1. The number of nitro groups is 1. The Morgan fingerprint density at radius 2 is 1.63 bits per heavy atom. The van der Waals surface area contributed by atoms with Gasteiger partial charge in [-0.3, -0.25) is 24.6 Å². The predicted molar refractivity (Wildman–Crippen MR) is 140 cm³/mol. The number of rotatable bonds is 7. The summed E-state index contributed by atoms with van der Waals surface area (Å²) in [6.07, 6.45) is 1.81. The molecule has 1 aliphatic rings. The molecule has 1 saturated heterocycles. The van der Waals surface area contributed by atoms with Gasteiger partial charge in [0, 0.05) is 45.5 Å². The van der Waals surface area contributed by atoms with Crippen molar-refractivity contribution in [3.05, 3.63) is 86.6 Å². The quantitative estimate of drug-likeness (QED) is 0.198. The number of nitro benzene ring substituents is 1. The Hall–Kier alpha value is -3.30. The number of carbonyl (C=O) groups excluding carboxylic acids is 2. The minimum atomic E-state index is -0.407. The molecule has 1 fully saturated rings. The summed E-state index contributed by atoms with van der Waals surface area (Å²) in [5.74, 6) is -0.0134. The number of aromatic nitrogens is 1. The van der Waals surface area contributed by atoms with Gasteiger partial charge in [-0.15, -0.1) is 0 Å². The molecule has 2 amide bonds. The predicted octanol–water partition coefficient (Wildman–Crippen LogP) is 6.85. The van der Waals surface area contributed by atoms with Gasteiger partial charge in [0.15, 0.2) is 0 Å². The molecule has 0 N–H and O–H groups in total. The van der Waals surface area contributed by atoms with Gasteiger partial charge in [0.05, 0.1) is 9.83 Å². The number of hydrogen-bond acceptors (Lipinski definition) is 6. The van der Waals surface area contributed by atoms with Crippen LogP contribution in [0.25, 0.3) is 11.8 Å². The lowest BCUT2D eigenvalue weighted by molar-refractivity contribution is -0.384. The fourth-order valence-corrected chi connectivity index (χ4v) is 5.59. The summed E-state index contributed by atoms with van der Waals surface area (Å²) < 4.78 is 2.12. The van der Waals surface area contributed by atoms with Crippen LogP contribution in [0.3, 0.4) is 0 Å². The highest BCUT2D eigenvalue weighted by molar-refractivity contribution is 8.18. The van der Waals surface area contributed by atoms with Gasteiger partial charge in [-0.05, 0) is 85.6 Å². The summed E-state index contributed by atoms with van der Waals surface area (Å²) in [4.78, 5) is 39.2. The van der Waals surface area contributed by atoms with Crippen LogP contribution in [0.15, 0.2) is 69.3 Å². The number of benzene rings is 2. The van der Waals surface area contributed by atoms with Crippen molar-refractivity contribution in [3.8, 4) is 5.69 Å². The first-order chi connectivity index (χ1) is 16.6. The molecule has 0 unspecified atom stereocenters. The third kappa shape index (κ3) is 5.36. The van der Waals surface area contributed by atoms with Gasteiger partial charge in [0.25, 0.3) is 16.8 Å². The van der Waals surface area contributed by atoms with E-state index in [1.165, 1.54) is 28.8 Å². The third-order valence-electron chi connectivity index (χ3n) is 5.56. The van der Waals surface area contributed by atoms with Gasteiger partial charge in [-0.2, -0.15) is 0 Å². The van der Waals surface area contributed by atoms with E-state index in [2.05, 4.69) is 4.57 Å². The number of carbonyl (C=O) groups is 2. The molecule has 0 spiro atoms. The van der Waals surface area contributed by atoms with Crippen LogP contribution in [0.1, 0.15) is 30.8 Å². The first-order valence-corrected chi connectivity index (χ1v) is 12.7. The summed E-state index contributed by atoms with van der Waals surface area (Å²) in [5, 5.41) is 10.6. The second-order valence-corrected chi connectivity index (χ2v) is 10.8. The van der Waals surface area contributed by atoms with Crippen molar-refractivity contribution < 1.29 is 14.5 Å². The van der Waals surface area contributed by atoms with E-state index in [1.54, 1.807) is 12.1 Å². The van der Waals surface area contributed by atoms with Crippen LogP contribution in [-0.2, 0) is 4.79 Å². The molecular formula is C26H25N3O4S2. The molecule has 0 atom stereocenters. The lowest BCUT2D eigenvalue weighted by Gasteiger charge is -2.14. The average molecular weight is 508 g/mol. The normalized spacial score (nSPS) is 15.0. The number of aryl methyl sites for hydroxylation is 1. The van der Waals surface area contributed by atoms with Crippen LogP contribution in [0, 0.1) is 29.9 Å². The van der Waals surface area contributed by atoms with E-state index in [4.69, 9.17) is 0 Å². The molecule has 2 heterocycles. The van der Waals surface area contributed by atoms with Gasteiger partial charge in [-0.25, -0.2) is 0 Å². The largest absolute Gasteiger partial charge is 0.318 e. The van der Waals surface area contributed by atoms with Crippen molar-refractivity contribution in [1.29, 1.82) is 0 Å². The third-order valence-corrected chi connectivity index (χ3v) is 7.48. The van der Waals surface area contributed by atoms with Gasteiger partial charge >= 0.3 is 0 Å². The van der Waals surface area contributed by atoms with Crippen LogP contribution >= 0.6 is 23.5 Å². The molecule has 0 bridgehead atoms. The number of amides is 2. The fourth-order valence-electron chi connectivity index (χ4n) is 3.93. The minimum Gasteiger partial charge on any atom is -0.318 e. The van der Waals surface area contributed by atoms with E-state index in [0.29, 0.717) is 11.4 Å². The molecular weight excluding hydrogens is 482 g/mol. The first kappa shape index (κ1) is 24.8. The van der Waals surface area contributed by atoms with Crippen LogP contribution in [0.4, 0.5) is 10.5 Å². The number of imide groups is 1. The Labute approximate surface area is 212 Å². The number of hydrogen-bond donors (Lipinski definition) is 0. The zero-order valence-corrected chi connectivity index (χ0v) is 21.5. The highest BCUT2D eigenvalue weighted by Crippen LogP contribution is 2.35. The molecule has 1 aromatic heterocycles. The molecule has 1 aliphatic heterocycles. The van der Waals surface area contributed by atoms with Crippen molar-refractivity contribution in [2.24, 2.45) is 5.92 Å². The second-order valence-electron chi connectivity index (χ2n) is 8.70. The van der Waals surface area contributed by atoms with Gasteiger partial charge in [-0.1, -0.05) is 25.6 Å². The Balaban J connectivity index is 1.54. The Morgan fingerprint density at radius 1 is 1.03 bits per heavy atom. The highest BCUT2D eigenvalue weighted by Gasteiger charge is 2.35. The lowest BCUT2D eigenvalue weighted by Crippen LogP contribution is -2.31. The number of nitrogens with zero attached hydrogens (tertiary/aromatic N) is 3. The number of non-ortho nitro benzene ring substituents is 1. The van der Waals surface area contributed by atoms with Crippen LogP contribution in [0.5, 0.6) is 0 Å². The molecule has 7 nitrogen and oxygen atoms in total. The summed E-state index contributed by atoms with van der Waals surface area (Å²) in [7, 11) is 0. The molecule has 0 saturated carbocycles.